The first kappa shape index (κ1) is 25.6. The van der Waals surface area contributed by atoms with Gasteiger partial charge >= 0.3 is 0 Å². The highest BCUT2D eigenvalue weighted by Gasteiger charge is 2.25. The Labute approximate surface area is 174 Å². The number of aryl methyl sites for hydroxylation is 1. The van der Waals surface area contributed by atoms with Crippen molar-refractivity contribution in [1.82, 2.24) is 25.4 Å². The number of halogens is 2. The summed E-state index contributed by atoms with van der Waals surface area (Å²) in [5.41, 5.74) is 2.97. The fourth-order valence-electron chi connectivity index (χ4n) is 2.69. The number of rotatable bonds is 5. The van der Waals surface area contributed by atoms with Crippen LogP contribution in [0.2, 0.25) is 0 Å². The van der Waals surface area contributed by atoms with Gasteiger partial charge in [0.1, 0.15) is 0 Å². The number of nitrogens with zero attached hydrogens (tertiary/aromatic N) is 3. The molecule has 2 rings (SSSR count). The molecule has 0 saturated heterocycles. The van der Waals surface area contributed by atoms with Crippen molar-refractivity contribution in [2.45, 2.75) is 66.0 Å². The minimum atomic E-state index is -0.205. The molecule has 1 atom stereocenters. The zero-order valence-corrected chi connectivity index (χ0v) is 19.1. The molecule has 0 radical (unpaired) electrons. The fraction of sp³-hybridized carbons (Fsp3) is 0.632. The summed E-state index contributed by atoms with van der Waals surface area (Å²) in [6.07, 6.45) is 0. The number of hydrogen-bond donors (Lipinski definition) is 2. The molecule has 27 heavy (non-hydrogen) atoms. The fourth-order valence-corrected chi connectivity index (χ4v) is 2.69. The Morgan fingerprint density at radius 2 is 1.81 bits per heavy atom. The molecule has 0 fully saturated rings. The summed E-state index contributed by atoms with van der Waals surface area (Å²) in [7, 11) is 1.88. The van der Waals surface area contributed by atoms with E-state index in [-0.39, 0.29) is 48.2 Å². The smallest absolute Gasteiger partial charge is 0.252 e. The Hall–Kier alpha value is -1.37. The van der Waals surface area contributed by atoms with E-state index in [4.69, 9.17) is 4.98 Å². The van der Waals surface area contributed by atoms with Gasteiger partial charge in [0.2, 0.25) is 0 Å². The standard InChI is InChI=1S/C19H31N5O.2ClH/c1-11(2)15-9-14(18(25)21-10-12(3)20-8)16-13(4)23-24(17(16)22-15)19(5,6)7;;/h9,11-12,20H,10H2,1-8H3,(H,21,25);2*1H. The summed E-state index contributed by atoms with van der Waals surface area (Å²) in [4.78, 5) is 17.7. The lowest BCUT2D eigenvalue weighted by Crippen LogP contribution is -2.37. The van der Waals surface area contributed by atoms with Crippen LogP contribution in [0.15, 0.2) is 6.07 Å². The van der Waals surface area contributed by atoms with E-state index in [1.807, 2.05) is 31.6 Å². The number of hydrogen-bond acceptors (Lipinski definition) is 4. The molecule has 154 valence electrons. The first-order chi connectivity index (χ1) is 11.6. The number of nitrogens with one attached hydrogen (secondary N) is 2. The number of carbonyl (C=O) groups excluding carboxylic acids is 1. The molecule has 2 N–H and O–H groups in total. The van der Waals surface area contributed by atoms with Crippen molar-refractivity contribution < 1.29 is 4.79 Å². The molecule has 0 aliphatic rings. The predicted octanol–water partition coefficient (Wildman–Crippen LogP) is 3.80. The maximum Gasteiger partial charge on any atom is 0.252 e. The van der Waals surface area contributed by atoms with Crippen molar-refractivity contribution in [1.29, 1.82) is 0 Å². The van der Waals surface area contributed by atoms with Crippen LogP contribution >= 0.6 is 24.8 Å². The van der Waals surface area contributed by atoms with Crippen molar-refractivity contribution in [3.05, 3.63) is 23.0 Å². The van der Waals surface area contributed by atoms with Crippen molar-refractivity contribution in [3.8, 4) is 0 Å². The monoisotopic (exact) mass is 417 g/mol. The minimum Gasteiger partial charge on any atom is -0.350 e. The van der Waals surface area contributed by atoms with E-state index >= 15 is 0 Å². The molecule has 0 saturated carbocycles. The van der Waals surface area contributed by atoms with E-state index < -0.39 is 0 Å². The Kier molecular flexibility index (Phi) is 9.22. The van der Waals surface area contributed by atoms with Crippen LogP contribution < -0.4 is 10.6 Å². The SMILES string of the molecule is CNC(C)CNC(=O)c1cc(C(C)C)nc2c1c(C)nn2C(C)(C)C.Cl.Cl. The van der Waals surface area contributed by atoms with Crippen molar-refractivity contribution in [2.75, 3.05) is 13.6 Å². The molecule has 0 bridgehead atoms. The molecular weight excluding hydrogens is 385 g/mol. The van der Waals surface area contributed by atoms with Gasteiger partial charge in [-0.2, -0.15) is 5.10 Å². The van der Waals surface area contributed by atoms with Gasteiger partial charge in [0, 0.05) is 18.3 Å². The van der Waals surface area contributed by atoms with Crippen LogP contribution in [0, 0.1) is 6.92 Å². The molecule has 6 nitrogen and oxygen atoms in total. The van der Waals surface area contributed by atoms with Crippen LogP contribution in [0.25, 0.3) is 11.0 Å². The second-order valence-electron chi connectivity index (χ2n) is 8.02. The maximum atomic E-state index is 12.9. The Morgan fingerprint density at radius 3 is 2.30 bits per heavy atom. The molecule has 2 aromatic heterocycles. The Balaban J connectivity index is 0.00000338. The molecule has 0 aliphatic carbocycles. The third-order valence-electron chi connectivity index (χ3n) is 4.37. The highest BCUT2D eigenvalue weighted by Crippen LogP contribution is 2.28. The number of likely N-dealkylation sites (N-methyl/N-ethyl adjacent to an activating group) is 1. The first-order valence-corrected chi connectivity index (χ1v) is 8.92. The lowest BCUT2D eigenvalue weighted by atomic mass is 10.0. The second-order valence-corrected chi connectivity index (χ2v) is 8.02. The average molecular weight is 418 g/mol. The summed E-state index contributed by atoms with van der Waals surface area (Å²) in [5, 5.41) is 11.7. The number of fused-ring (bicyclic) bond motifs is 1. The normalized spacial score (nSPS) is 12.5. The number of pyridine rings is 1. The summed E-state index contributed by atoms with van der Waals surface area (Å²) in [5.74, 6) is 0.156. The molecule has 8 heteroatoms. The van der Waals surface area contributed by atoms with Crippen LogP contribution in [0.5, 0.6) is 0 Å². The van der Waals surface area contributed by atoms with Gasteiger partial charge < -0.3 is 10.6 Å². The van der Waals surface area contributed by atoms with Gasteiger partial charge in [-0.1, -0.05) is 13.8 Å². The molecule has 1 amide bonds. The van der Waals surface area contributed by atoms with Gasteiger partial charge in [-0.25, -0.2) is 9.67 Å². The summed E-state index contributed by atoms with van der Waals surface area (Å²) in [6, 6.07) is 2.12. The summed E-state index contributed by atoms with van der Waals surface area (Å²) in [6.45, 7) is 15.0. The van der Waals surface area contributed by atoms with Crippen LogP contribution in [-0.4, -0.2) is 40.3 Å². The van der Waals surface area contributed by atoms with Gasteiger partial charge in [0.25, 0.3) is 5.91 Å². The highest BCUT2D eigenvalue weighted by atomic mass is 35.5. The Morgan fingerprint density at radius 1 is 1.22 bits per heavy atom. The lowest BCUT2D eigenvalue weighted by Gasteiger charge is -2.20. The highest BCUT2D eigenvalue weighted by molar-refractivity contribution is 6.06. The van der Waals surface area contributed by atoms with Gasteiger partial charge in [-0.3, -0.25) is 4.79 Å². The van der Waals surface area contributed by atoms with Crippen LogP contribution in [0.1, 0.15) is 69.2 Å². The van der Waals surface area contributed by atoms with E-state index in [9.17, 15) is 4.79 Å². The van der Waals surface area contributed by atoms with E-state index in [1.165, 1.54) is 0 Å². The zero-order chi connectivity index (χ0) is 18.9. The zero-order valence-electron chi connectivity index (χ0n) is 17.5. The molecular formula is C19H33Cl2N5O. The molecule has 2 heterocycles. The maximum absolute atomic E-state index is 12.9. The first-order valence-electron chi connectivity index (χ1n) is 8.92. The van der Waals surface area contributed by atoms with Gasteiger partial charge in [0.05, 0.1) is 22.2 Å². The average Bonchev–Trinajstić information content (AvgIpc) is 2.88. The molecule has 1 unspecified atom stereocenters. The quantitative estimate of drug-likeness (QED) is 0.775. The predicted molar refractivity (Wildman–Crippen MR) is 117 cm³/mol. The van der Waals surface area contributed by atoms with Crippen molar-refractivity contribution in [3.63, 3.8) is 0 Å². The van der Waals surface area contributed by atoms with Gasteiger partial charge in [-0.15, -0.1) is 24.8 Å². The van der Waals surface area contributed by atoms with E-state index in [0.29, 0.717) is 12.1 Å². The molecule has 2 aromatic rings. The van der Waals surface area contributed by atoms with Crippen LogP contribution in [0.4, 0.5) is 0 Å². The molecule has 0 spiro atoms. The second kappa shape index (κ2) is 9.71. The van der Waals surface area contributed by atoms with Crippen molar-refractivity contribution in [2.24, 2.45) is 0 Å². The summed E-state index contributed by atoms with van der Waals surface area (Å²) < 4.78 is 1.93. The Bertz CT molecular complexity index is 780. The lowest BCUT2D eigenvalue weighted by molar-refractivity contribution is 0.0952. The third-order valence-corrected chi connectivity index (χ3v) is 4.37. The van der Waals surface area contributed by atoms with Crippen LogP contribution in [-0.2, 0) is 5.54 Å². The van der Waals surface area contributed by atoms with Crippen molar-refractivity contribution >= 4 is 41.8 Å². The minimum absolute atomic E-state index is 0. The number of aromatic nitrogens is 3. The molecule has 0 aromatic carbocycles. The number of carbonyl (C=O) groups is 1. The van der Waals surface area contributed by atoms with Gasteiger partial charge in [0.15, 0.2) is 5.65 Å². The van der Waals surface area contributed by atoms with Gasteiger partial charge in [-0.05, 0) is 53.7 Å². The topological polar surface area (TPSA) is 71.8 Å². The summed E-state index contributed by atoms with van der Waals surface area (Å²) >= 11 is 0. The number of amides is 1. The van der Waals surface area contributed by atoms with E-state index in [0.717, 1.165) is 22.4 Å². The van der Waals surface area contributed by atoms with E-state index in [1.54, 1.807) is 0 Å². The van der Waals surface area contributed by atoms with E-state index in [2.05, 4.69) is 50.4 Å². The largest absolute Gasteiger partial charge is 0.350 e. The molecule has 0 aliphatic heterocycles. The van der Waals surface area contributed by atoms with Crippen LogP contribution in [0.3, 0.4) is 0 Å². The third kappa shape index (κ3) is 5.56.